The number of anilines is 2. The minimum atomic E-state index is -3.81. The lowest BCUT2D eigenvalue weighted by Gasteiger charge is -2.30. The molecule has 0 radical (unpaired) electrons. The van der Waals surface area contributed by atoms with E-state index >= 15 is 0 Å². The third-order valence-corrected chi connectivity index (χ3v) is 6.64. The SMILES string of the molecule is O=C(c1cccnc1)N1CCCc2cc(NS(=O)(=O)c3ccc4c(c3)OCO4)ccc21. The summed E-state index contributed by atoms with van der Waals surface area (Å²) in [5.41, 5.74) is 2.65. The first-order chi connectivity index (χ1) is 15.0. The number of nitrogens with zero attached hydrogens (tertiary/aromatic N) is 2. The van der Waals surface area contributed by atoms with Crippen LogP contribution in [0.1, 0.15) is 22.3 Å². The van der Waals surface area contributed by atoms with Gasteiger partial charge in [-0.2, -0.15) is 0 Å². The second kappa shape index (κ2) is 7.59. The molecule has 2 aliphatic rings. The predicted molar refractivity (Wildman–Crippen MR) is 114 cm³/mol. The monoisotopic (exact) mass is 437 g/mol. The zero-order chi connectivity index (χ0) is 21.4. The maximum absolute atomic E-state index is 12.9. The number of rotatable bonds is 4. The van der Waals surface area contributed by atoms with E-state index in [0.29, 0.717) is 29.3 Å². The molecule has 2 aliphatic heterocycles. The lowest BCUT2D eigenvalue weighted by molar-refractivity contribution is 0.0984. The summed E-state index contributed by atoms with van der Waals surface area (Å²) in [5, 5.41) is 0. The van der Waals surface area contributed by atoms with Crippen LogP contribution in [0.4, 0.5) is 11.4 Å². The standard InChI is InChI=1S/C22H19N3O5S/c26-22(16-3-1-9-23-13-16)25-10-2-4-15-11-17(5-7-19(15)25)24-31(27,28)18-6-8-20-21(12-18)30-14-29-20/h1,3,5-9,11-13,24H,2,4,10,14H2. The molecule has 1 N–H and O–H groups in total. The number of aryl methyl sites for hydroxylation is 1. The van der Waals surface area contributed by atoms with Crippen LogP contribution in [-0.2, 0) is 16.4 Å². The van der Waals surface area contributed by atoms with Crippen molar-refractivity contribution in [2.45, 2.75) is 17.7 Å². The van der Waals surface area contributed by atoms with E-state index in [1.165, 1.54) is 12.1 Å². The number of hydrogen-bond acceptors (Lipinski definition) is 6. The summed E-state index contributed by atoms with van der Waals surface area (Å²) in [6.45, 7) is 0.675. The summed E-state index contributed by atoms with van der Waals surface area (Å²) in [6.07, 6.45) is 4.72. The molecule has 0 bridgehead atoms. The fraction of sp³-hybridized carbons (Fsp3) is 0.182. The second-order valence-electron chi connectivity index (χ2n) is 7.27. The van der Waals surface area contributed by atoms with Crippen molar-refractivity contribution in [3.05, 3.63) is 72.1 Å². The van der Waals surface area contributed by atoms with Gasteiger partial charge < -0.3 is 14.4 Å². The number of pyridine rings is 1. The number of benzene rings is 2. The van der Waals surface area contributed by atoms with Crippen LogP contribution in [0, 0.1) is 0 Å². The van der Waals surface area contributed by atoms with Gasteiger partial charge in [0.25, 0.3) is 15.9 Å². The van der Waals surface area contributed by atoms with E-state index in [-0.39, 0.29) is 17.6 Å². The molecule has 1 aromatic heterocycles. The largest absolute Gasteiger partial charge is 0.454 e. The molecule has 0 unspecified atom stereocenters. The predicted octanol–water partition coefficient (Wildman–Crippen LogP) is 3.20. The number of fused-ring (bicyclic) bond motifs is 2. The molecule has 158 valence electrons. The highest BCUT2D eigenvalue weighted by Crippen LogP contribution is 2.35. The van der Waals surface area contributed by atoms with Gasteiger partial charge in [-0.3, -0.25) is 14.5 Å². The Morgan fingerprint density at radius 1 is 1.06 bits per heavy atom. The Labute approximate surface area is 179 Å². The van der Waals surface area contributed by atoms with Crippen molar-refractivity contribution >= 4 is 27.3 Å². The highest BCUT2D eigenvalue weighted by atomic mass is 32.2. The van der Waals surface area contributed by atoms with E-state index < -0.39 is 10.0 Å². The average molecular weight is 437 g/mol. The highest BCUT2D eigenvalue weighted by Gasteiger charge is 2.25. The van der Waals surface area contributed by atoms with Crippen molar-refractivity contribution in [1.29, 1.82) is 0 Å². The summed E-state index contributed by atoms with van der Waals surface area (Å²) in [7, 11) is -3.81. The number of ether oxygens (including phenoxy) is 2. The molecule has 0 saturated carbocycles. The minimum Gasteiger partial charge on any atom is -0.454 e. The molecule has 3 heterocycles. The molecular weight excluding hydrogens is 418 g/mol. The van der Waals surface area contributed by atoms with Crippen LogP contribution >= 0.6 is 0 Å². The van der Waals surface area contributed by atoms with E-state index in [4.69, 9.17) is 9.47 Å². The van der Waals surface area contributed by atoms with Gasteiger partial charge in [0.15, 0.2) is 11.5 Å². The number of sulfonamides is 1. The van der Waals surface area contributed by atoms with E-state index in [1.807, 2.05) is 0 Å². The van der Waals surface area contributed by atoms with Crippen LogP contribution in [0.15, 0.2) is 65.8 Å². The highest BCUT2D eigenvalue weighted by molar-refractivity contribution is 7.92. The molecule has 1 amide bonds. The molecule has 8 nitrogen and oxygen atoms in total. The summed E-state index contributed by atoms with van der Waals surface area (Å²) < 4.78 is 38.8. The number of nitrogens with one attached hydrogen (secondary N) is 1. The molecule has 0 spiro atoms. The van der Waals surface area contributed by atoms with Crippen LogP contribution in [-0.4, -0.2) is 32.6 Å². The summed E-state index contributed by atoms with van der Waals surface area (Å²) >= 11 is 0. The van der Waals surface area contributed by atoms with E-state index in [0.717, 1.165) is 24.1 Å². The fourth-order valence-electron chi connectivity index (χ4n) is 3.77. The van der Waals surface area contributed by atoms with E-state index in [9.17, 15) is 13.2 Å². The van der Waals surface area contributed by atoms with Crippen LogP contribution < -0.4 is 19.1 Å². The summed E-state index contributed by atoms with van der Waals surface area (Å²) in [4.78, 5) is 18.7. The number of aromatic nitrogens is 1. The van der Waals surface area contributed by atoms with Crippen molar-refractivity contribution < 1.29 is 22.7 Å². The third-order valence-electron chi connectivity index (χ3n) is 5.26. The zero-order valence-electron chi connectivity index (χ0n) is 16.4. The van der Waals surface area contributed by atoms with E-state index in [2.05, 4.69) is 9.71 Å². The Hall–Kier alpha value is -3.59. The van der Waals surface area contributed by atoms with Gasteiger partial charge in [-0.25, -0.2) is 8.42 Å². The topological polar surface area (TPSA) is 97.8 Å². The quantitative estimate of drug-likeness (QED) is 0.673. The summed E-state index contributed by atoms with van der Waals surface area (Å²) in [5.74, 6) is 0.798. The first kappa shape index (κ1) is 19.4. The molecule has 5 rings (SSSR count). The normalized spacial score (nSPS) is 14.8. The molecular formula is C22H19N3O5S. The van der Waals surface area contributed by atoms with Crippen molar-refractivity contribution in [1.82, 2.24) is 4.98 Å². The third kappa shape index (κ3) is 3.68. The molecule has 0 atom stereocenters. The minimum absolute atomic E-state index is 0.0748. The number of hydrogen-bond donors (Lipinski definition) is 1. The van der Waals surface area contributed by atoms with Crippen LogP contribution in [0.5, 0.6) is 11.5 Å². The summed E-state index contributed by atoms with van der Waals surface area (Å²) in [6, 6.07) is 13.2. The van der Waals surface area contributed by atoms with Gasteiger partial charge in [-0.05, 0) is 60.9 Å². The molecule has 0 aliphatic carbocycles. The molecule has 2 aromatic carbocycles. The fourth-order valence-corrected chi connectivity index (χ4v) is 4.84. The van der Waals surface area contributed by atoms with Crippen molar-refractivity contribution in [3.8, 4) is 11.5 Å². The van der Waals surface area contributed by atoms with Crippen LogP contribution in [0.3, 0.4) is 0 Å². The van der Waals surface area contributed by atoms with E-state index in [1.54, 1.807) is 53.7 Å². The lowest BCUT2D eigenvalue weighted by Crippen LogP contribution is -2.35. The number of carbonyl (C=O) groups excluding carboxylic acids is 1. The van der Waals surface area contributed by atoms with Gasteiger partial charge in [-0.15, -0.1) is 0 Å². The molecule has 9 heteroatoms. The Morgan fingerprint density at radius 3 is 2.77 bits per heavy atom. The molecule has 0 fully saturated rings. The Morgan fingerprint density at radius 2 is 1.94 bits per heavy atom. The number of amides is 1. The van der Waals surface area contributed by atoms with Crippen molar-refractivity contribution in [3.63, 3.8) is 0 Å². The Balaban J connectivity index is 1.40. The van der Waals surface area contributed by atoms with Gasteiger partial charge in [0.05, 0.1) is 10.5 Å². The van der Waals surface area contributed by atoms with Crippen LogP contribution in [0.25, 0.3) is 0 Å². The van der Waals surface area contributed by atoms with Gasteiger partial charge >= 0.3 is 0 Å². The zero-order valence-corrected chi connectivity index (χ0v) is 17.3. The Bertz CT molecular complexity index is 1260. The number of carbonyl (C=O) groups is 1. The van der Waals surface area contributed by atoms with Gasteiger partial charge in [0, 0.05) is 36.4 Å². The lowest BCUT2D eigenvalue weighted by atomic mass is 10.0. The molecule has 3 aromatic rings. The van der Waals surface area contributed by atoms with Gasteiger partial charge in [0.1, 0.15) is 0 Å². The first-order valence-electron chi connectivity index (χ1n) is 9.78. The maximum atomic E-state index is 12.9. The average Bonchev–Trinajstić information content (AvgIpc) is 3.26. The first-order valence-corrected chi connectivity index (χ1v) is 11.3. The molecule has 31 heavy (non-hydrogen) atoms. The second-order valence-corrected chi connectivity index (χ2v) is 8.95. The Kier molecular flexibility index (Phi) is 4.74. The van der Waals surface area contributed by atoms with Gasteiger partial charge in [0.2, 0.25) is 6.79 Å². The van der Waals surface area contributed by atoms with Crippen molar-refractivity contribution in [2.24, 2.45) is 0 Å². The van der Waals surface area contributed by atoms with Crippen molar-refractivity contribution in [2.75, 3.05) is 23.0 Å². The maximum Gasteiger partial charge on any atom is 0.262 e. The van der Waals surface area contributed by atoms with Crippen LogP contribution in [0.2, 0.25) is 0 Å². The van der Waals surface area contributed by atoms with Gasteiger partial charge in [-0.1, -0.05) is 0 Å². The molecule has 0 saturated heterocycles. The smallest absolute Gasteiger partial charge is 0.262 e.